The third kappa shape index (κ3) is 15.0. The van der Waals surface area contributed by atoms with Gasteiger partial charge in [0, 0.05) is 19.9 Å². The van der Waals surface area contributed by atoms with Gasteiger partial charge in [-0.25, -0.2) is 9.36 Å². The van der Waals surface area contributed by atoms with Crippen LogP contribution >= 0.6 is 7.82 Å². The van der Waals surface area contributed by atoms with Gasteiger partial charge in [0.1, 0.15) is 37.6 Å². The van der Waals surface area contributed by atoms with Gasteiger partial charge in [0.25, 0.3) is 6.29 Å². The number of ether oxygens (including phenoxy) is 3. The van der Waals surface area contributed by atoms with Crippen LogP contribution in [0, 0.1) is 5.41 Å². The van der Waals surface area contributed by atoms with Gasteiger partial charge in [-0.1, -0.05) is 20.8 Å². The van der Waals surface area contributed by atoms with E-state index in [1.165, 1.54) is 6.92 Å². The number of aliphatic hydroxyl groups is 5. The van der Waals surface area contributed by atoms with Crippen molar-refractivity contribution in [2.24, 2.45) is 5.41 Å². The van der Waals surface area contributed by atoms with E-state index >= 15 is 0 Å². The zero-order chi connectivity index (χ0) is 30.7. The molecule has 15 heteroatoms. The van der Waals surface area contributed by atoms with Crippen LogP contribution in [0.1, 0.15) is 74.1 Å². The largest absolute Gasteiger partial charge is 0.473 e. The first-order valence-corrected chi connectivity index (χ1v) is 15.0. The molecule has 1 saturated heterocycles. The minimum atomic E-state index is -4.38. The first-order valence-electron chi connectivity index (χ1n) is 13.5. The van der Waals surface area contributed by atoms with E-state index in [1.54, 1.807) is 20.8 Å². The van der Waals surface area contributed by atoms with Gasteiger partial charge in [-0.15, -0.1) is 0 Å². The Morgan fingerprint density at radius 3 is 2.27 bits per heavy atom. The van der Waals surface area contributed by atoms with Gasteiger partial charge in [0.15, 0.2) is 6.04 Å². The van der Waals surface area contributed by atoms with E-state index in [0.717, 1.165) is 0 Å². The number of amides is 2. The van der Waals surface area contributed by atoms with Crippen molar-refractivity contribution in [3.05, 3.63) is 0 Å². The number of carbonyl (C=O) groups is 2. The average Bonchev–Trinajstić information content (AvgIpc) is 2.78. The minimum absolute atomic E-state index is 0.230. The van der Waals surface area contributed by atoms with E-state index in [-0.39, 0.29) is 12.0 Å². The predicted molar refractivity (Wildman–Crippen MR) is 145 cm³/mol. The number of hydrogen-bond acceptors (Lipinski definition) is 10. The van der Waals surface area contributed by atoms with Crippen molar-refractivity contribution in [3.8, 4) is 0 Å². The first kappa shape index (κ1) is 36.7. The van der Waals surface area contributed by atoms with Gasteiger partial charge in [-0.2, -0.15) is 0 Å². The smallest absolute Gasteiger partial charge is 0.447 e. The molecule has 0 aliphatic carbocycles. The Morgan fingerprint density at radius 1 is 1.07 bits per heavy atom. The zero-order valence-corrected chi connectivity index (χ0v) is 25.6. The van der Waals surface area contributed by atoms with Crippen molar-refractivity contribution in [1.82, 2.24) is 10.6 Å². The van der Waals surface area contributed by atoms with Gasteiger partial charge in [-0.3, -0.25) is 13.8 Å². The van der Waals surface area contributed by atoms with E-state index in [9.17, 15) is 34.4 Å². The monoisotopic (exact) mass is 601 g/mol. The number of alkyl carbamates (subject to hydrolysis) is 1. The maximum Gasteiger partial charge on any atom is 0.473 e. The molecule has 14 nitrogen and oxygen atoms in total. The normalized spacial score (nSPS) is 26.0. The summed E-state index contributed by atoms with van der Waals surface area (Å²) in [6.07, 6.45) is -3.93. The lowest BCUT2D eigenvalue weighted by molar-refractivity contribution is -0.323. The number of aliphatic hydroxyl groups excluding tert-OH is 3. The molecule has 7 atom stereocenters. The highest BCUT2D eigenvalue weighted by Gasteiger charge is 2.48. The van der Waals surface area contributed by atoms with Crippen LogP contribution < -0.4 is 10.6 Å². The SMILES string of the molecule is CC(=O)N[C@H]1C([OH+]CCCCCNC(=O)OC[C@@H](CC(C)(C)C)OP(=O)(O)OC(C)(C)C)O[C@H](CO)[C@H](O)[C@@H]1O. The molecular formula is C25H50N2O12P+. The Kier molecular flexibility index (Phi) is 15.0. The summed E-state index contributed by atoms with van der Waals surface area (Å²) in [7, 11) is -4.38. The highest BCUT2D eigenvalue weighted by Crippen LogP contribution is 2.49. The second-order valence-corrected chi connectivity index (χ2v) is 13.4. The Balaban J connectivity index is 2.42. The molecule has 0 aromatic rings. The van der Waals surface area contributed by atoms with Crippen LogP contribution in [0.25, 0.3) is 0 Å². The highest BCUT2D eigenvalue weighted by molar-refractivity contribution is 7.47. The molecule has 0 radical (unpaired) electrons. The van der Waals surface area contributed by atoms with Crippen molar-refractivity contribution in [2.75, 3.05) is 26.4 Å². The van der Waals surface area contributed by atoms with E-state index < -0.39 is 68.8 Å². The first-order chi connectivity index (χ1) is 18.3. The van der Waals surface area contributed by atoms with Crippen molar-refractivity contribution < 1.29 is 57.6 Å². The number of phosphoric acid groups is 1. The van der Waals surface area contributed by atoms with Crippen LogP contribution in [0.5, 0.6) is 0 Å². The Labute approximate surface area is 236 Å². The molecule has 40 heavy (non-hydrogen) atoms. The third-order valence-electron chi connectivity index (χ3n) is 5.60. The quantitative estimate of drug-likeness (QED) is 0.0890. The summed E-state index contributed by atoms with van der Waals surface area (Å²) in [5.41, 5.74) is -1.16. The number of carbonyl (C=O) groups excluding carboxylic acids is 2. The van der Waals surface area contributed by atoms with Crippen molar-refractivity contribution in [2.45, 2.75) is 116 Å². The number of hydrogen-bond donors (Lipinski definition) is 6. The summed E-state index contributed by atoms with van der Waals surface area (Å²) >= 11 is 0. The molecule has 0 aromatic heterocycles. The van der Waals surface area contributed by atoms with E-state index in [4.69, 9.17) is 18.5 Å². The number of nitrogens with one attached hydrogen (secondary N) is 2. The molecule has 1 aliphatic heterocycles. The molecule has 7 N–H and O–H groups in total. The third-order valence-corrected chi connectivity index (χ3v) is 6.94. The predicted octanol–water partition coefficient (Wildman–Crippen LogP) is 1.09. The molecule has 1 fully saturated rings. The molecule has 1 heterocycles. The van der Waals surface area contributed by atoms with Gasteiger partial charge in [0.05, 0.1) is 12.2 Å². The van der Waals surface area contributed by atoms with Crippen molar-refractivity contribution in [3.63, 3.8) is 0 Å². The minimum Gasteiger partial charge on any atom is -0.447 e. The van der Waals surface area contributed by atoms with Crippen LogP contribution in [-0.4, -0.2) is 106 Å². The molecule has 2 amide bonds. The number of phosphoric ester groups is 1. The maximum atomic E-state index is 12.4. The van der Waals surface area contributed by atoms with Crippen LogP contribution in [0.4, 0.5) is 4.79 Å². The van der Waals surface area contributed by atoms with E-state index in [0.29, 0.717) is 38.8 Å². The Bertz CT molecular complexity index is 832. The van der Waals surface area contributed by atoms with Crippen LogP contribution in [0.2, 0.25) is 0 Å². The van der Waals surface area contributed by atoms with Crippen LogP contribution in [-0.2, 0) is 27.9 Å². The molecule has 2 unspecified atom stereocenters. The van der Waals surface area contributed by atoms with Crippen LogP contribution in [0.3, 0.4) is 0 Å². The maximum absolute atomic E-state index is 12.4. The van der Waals surface area contributed by atoms with Crippen LogP contribution in [0.15, 0.2) is 0 Å². The highest BCUT2D eigenvalue weighted by atomic mass is 31.2. The van der Waals surface area contributed by atoms with Gasteiger partial charge in [-0.05, 0) is 45.4 Å². The second-order valence-electron chi connectivity index (χ2n) is 12.1. The van der Waals surface area contributed by atoms with Crippen molar-refractivity contribution >= 4 is 19.8 Å². The molecule has 236 valence electrons. The molecule has 0 bridgehead atoms. The molecule has 0 spiro atoms. The molecule has 0 aromatic carbocycles. The van der Waals surface area contributed by atoms with Crippen molar-refractivity contribution in [1.29, 1.82) is 0 Å². The Hall–Kier alpha value is -1.35. The number of rotatable bonds is 15. The standard InChI is InChI=1S/C25H49N2O12P/c1-16(29)27-19-21(31)20(30)18(14-28)37-22(19)35-12-10-8-9-11-26-23(32)36-15-17(13-24(2,3)4)38-40(33,34)39-25(5,6)7/h17-22,28,30-31H,8-15H2,1-7H3,(H,26,32)(H,27,29)(H,33,34)/p+1/t17-,18-,19-,20+,21-,22?/m1/s1. The second kappa shape index (κ2) is 16.3. The molecular weight excluding hydrogens is 551 g/mol. The summed E-state index contributed by atoms with van der Waals surface area (Å²) < 4.78 is 38.0. The fourth-order valence-corrected chi connectivity index (χ4v) is 5.30. The summed E-state index contributed by atoms with van der Waals surface area (Å²) in [6, 6.07) is -0.947. The summed E-state index contributed by atoms with van der Waals surface area (Å²) in [5.74, 6) is -0.416. The molecule has 0 saturated carbocycles. The van der Waals surface area contributed by atoms with Gasteiger partial charge < -0.3 is 45.1 Å². The van der Waals surface area contributed by atoms with Gasteiger partial charge in [0.2, 0.25) is 5.91 Å². The number of unbranched alkanes of at least 4 members (excludes halogenated alkanes) is 2. The lowest BCUT2D eigenvalue weighted by Crippen LogP contribution is -2.65. The van der Waals surface area contributed by atoms with E-state index in [2.05, 4.69) is 15.4 Å². The lowest BCUT2D eigenvalue weighted by Gasteiger charge is -2.39. The topological polar surface area (TPSA) is 206 Å². The molecule has 1 rings (SSSR count). The summed E-state index contributed by atoms with van der Waals surface area (Å²) in [5, 5.41) is 34.9. The fraction of sp³-hybridized carbons (Fsp3) is 0.920. The lowest BCUT2D eigenvalue weighted by atomic mass is 9.89. The fourth-order valence-electron chi connectivity index (χ4n) is 4.05. The summed E-state index contributed by atoms with van der Waals surface area (Å²) in [6.45, 7) is 11.9. The van der Waals surface area contributed by atoms with E-state index in [1.807, 2.05) is 20.8 Å². The zero-order valence-electron chi connectivity index (χ0n) is 24.7. The Morgan fingerprint density at radius 2 is 1.73 bits per heavy atom. The average molecular weight is 602 g/mol. The summed E-state index contributed by atoms with van der Waals surface area (Å²) in [4.78, 5) is 33.7. The van der Waals surface area contributed by atoms with Gasteiger partial charge >= 0.3 is 13.9 Å². The molecule has 1 aliphatic rings.